The molecule has 0 fully saturated rings. The average molecular weight is 467 g/mol. The van der Waals surface area contributed by atoms with Crippen LogP contribution in [0.2, 0.25) is 0 Å². The van der Waals surface area contributed by atoms with Crippen molar-refractivity contribution in [1.29, 1.82) is 0 Å². The zero-order valence-electron chi connectivity index (χ0n) is 17.8. The van der Waals surface area contributed by atoms with E-state index in [1.165, 1.54) is 14.2 Å². The first-order valence-electron chi connectivity index (χ1n) is 8.88. The molecule has 0 atom stereocenters. The number of nitrogens with one attached hydrogen (secondary N) is 1. The van der Waals surface area contributed by atoms with Gasteiger partial charge in [-0.15, -0.1) is 12.4 Å². The van der Waals surface area contributed by atoms with Gasteiger partial charge in [0.25, 0.3) is 5.91 Å². The van der Waals surface area contributed by atoms with Crippen molar-refractivity contribution < 1.29 is 33.4 Å². The van der Waals surface area contributed by atoms with Gasteiger partial charge in [-0.25, -0.2) is 15.3 Å². The van der Waals surface area contributed by atoms with Gasteiger partial charge >= 0.3 is 5.97 Å². The predicted octanol–water partition coefficient (Wildman–Crippen LogP) is 3.18. The number of aromatic nitrogens is 2. The number of carboxylic acid groups (broad SMARTS) is 1. The number of para-hydroxylation sites is 2. The summed E-state index contributed by atoms with van der Waals surface area (Å²) >= 11 is 0. The third-order valence-corrected chi connectivity index (χ3v) is 3.92. The number of amides is 1. The number of hydrogen-bond acceptors (Lipinski definition) is 9. The van der Waals surface area contributed by atoms with Crippen LogP contribution in [0.1, 0.15) is 21.0 Å². The van der Waals surface area contributed by atoms with Crippen LogP contribution < -0.4 is 5.48 Å². The smallest absolute Gasteiger partial charge is 0.358 e. The Morgan fingerprint density at radius 1 is 0.938 bits per heavy atom. The highest BCUT2D eigenvalue weighted by molar-refractivity contribution is 6.03. The molecule has 2 heterocycles. The highest BCUT2D eigenvalue weighted by atomic mass is 35.5. The van der Waals surface area contributed by atoms with Crippen molar-refractivity contribution >= 4 is 46.2 Å². The lowest BCUT2D eigenvalue weighted by atomic mass is 10.2. The second-order valence-corrected chi connectivity index (χ2v) is 5.75. The van der Waals surface area contributed by atoms with Crippen LogP contribution in [0.4, 0.5) is 0 Å². The minimum absolute atomic E-state index is 0. The van der Waals surface area contributed by atoms with Gasteiger partial charge in [-0.05, 0) is 24.3 Å². The number of rotatable bonds is 4. The number of hydroxylamine groups is 3. The van der Waals surface area contributed by atoms with Gasteiger partial charge in [0.2, 0.25) is 0 Å². The Balaban J connectivity index is 0.000000272. The molecular formula is C20H23ClN4O7. The number of carbonyl (C=O) groups excluding carboxylic acids is 1. The predicted molar refractivity (Wildman–Crippen MR) is 117 cm³/mol. The van der Waals surface area contributed by atoms with Gasteiger partial charge in [0.15, 0.2) is 22.6 Å². The number of fused-ring (bicyclic) bond motifs is 2. The molecule has 0 aliphatic rings. The summed E-state index contributed by atoms with van der Waals surface area (Å²) in [4.78, 5) is 31.4. The Hall–Kier alpha value is -3.51. The highest BCUT2D eigenvalue weighted by Crippen LogP contribution is 2.19. The molecule has 0 saturated heterocycles. The van der Waals surface area contributed by atoms with Gasteiger partial charge in [0.05, 0.1) is 25.0 Å². The zero-order valence-corrected chi connectivity index (χ0v) is 18.6. The van der Waals surface area contributed by atoms with Gasteiger partial charge in [0.1, 0.15) is 0 Å². The molecule has 0 unspecified atom stereocenters. The summed E-state index contributed by atoms with van der Waals surface area (Å²) < 4.78 is 9.79. The fourth-order valence-corrected chi connectivity index (χ4v) is 2.31. The molecule has 0 bridgehead atoms. The number of carbonyl (C=O) groups is 2. The summed E-state index contributed by atoms with van der Waals surface area (Å²) in [6.07, 6.45) is 0. The van der Waals surface area contributed by atoms with Gasteiger partial charge in [0, 0.05) is 14.1 Å². The van der Waals surface area contributed by atoms with E-state index in [0.717, 1.165) is 5.06 Å². The largest absolute Gasteiger partial charge is 0.476 e. The third kappa shape index (κ3) is 6.49. The van der Waals surface area contributed by atoms with Crippen LogP contribution in [0, 0.1) is 0 Å². The van der Waals surface area contributed by atoms with E-state index >= 15 is 0 Å². The summed E-state index contributed by atoms with van der Waals surface area (Å²) in [5.41, 5.74) is 3.74. The molecular weight excluding hydrogens is 444 g/mol. The van der Waals surface area contributed by atoms with Crippen molar-refractivity contribution in [2.24, 2.45) is 0 Å². The Morgan fingerprint density at radius 2 is 1.38 bits per heavy atom. The molecule has 2 aromatic carbocycles. The minimum atomic E-state index is -1.07. The lowest BCUT2D eigenvalue weighted by Gasteiger charge is -2.10. The van der Waals surface area contributed by atoms with E-state index in [0.29, 0.717) is 21.9 Å². The molecule has 2 N–H and O–H groups in total. The summed E-state index contributed by atoms with van der Waals surface area (Å²) in [7, 11) is 6.21. The van der Waals surface area contributed by atoms with Crippen molar-refractivity contribution in [2.75, 3.05) is 28.3 Å². The zero-order chi connectivity index (χ0) is 22.8. The van der Waals surface area contributed by atoms with Crippen molar-refractivity contribution in [3.05, 3.63) is 59.9 Å². The molecule has 172 valence electrons. The molecule has 2 aromatic heterocycles. The van der Waals surface area contributed by atoms with Crippen molar-refractivity contribution in [3.63, 3.8) is 0 Å². The second kappa shape index (κ2) is 13.0. The van der Waals surface area contributed by atoms with E-state index in [9.17, 15) is 9.59 Å². The van der Waals surface area contributed by atoms with Crippen molar-refractivity contribution in [2.45, 2.75) is 0 Å². The molecule has 0 aliphatic heterocycles. The number of carboxylic acids is 1. The standard InChI is InChI=1S/C10H10N2O3.C8H5NO3.C2H7NO.ClH/c1-12(14-2)10(13)9-7-5-3-4-6-8(7)15-11-9;10-8(11)7-5-3-1-2-4-6(5)12-9-7;1-3-4-2;/h3-6H,1-2H3;1-4H,(H,10,11);3H,1-2H3;1H. The average Bonchev–Trinajstić information content (AvgIpc) is 3.43. The van der Waals surface area contributed by atoms with Crippen LogP contribution in [0.5, 0.6) is 0 Å². The third-order valence-electron chi connectivity index (χ3n) is 3.92. The molecule has 12 heteroatoms. The van der Waals surface area contributed by atoms with Crippen LogP contribution in [-0.2, 0) is 9.68 Å². The van der Waals surface area contributed by atoms with Crippen LogP contribution in [0.3, 0.4) is 0 Å². The highest BCUT2D eigenvalue weighted by Gasteiger charge is 2.19. The second-order valence-electron chi connectivity index (χ2n) is 5.75. The Bertz CT molecular complexity index is 1140. The van der Waals surface area contributed by atoms with Crippen molar-refractivity contribution in [3.8, 4) is 0 Å². The molecule has 0 radical (unpaired) electrons. The number of benzene rings is 2. The number of nitrogens with zero attached hydrogens (tertiary/aromatic N) is 3. The van der Waals surface area contributed by atoms with E-state index in [-0.39, 0.29) is 29.7 Å². The maximum Gasteiger partial charge on any atom is 0.358 e. The summed E-state index contributed by atoms with van der Waals surface area (Å²) in [5.74, 6) is -1.40. The number of halogens is 1. The van der Waals surface area contributed by atoms with Crippen LogP contribution in [0.15, 0.2) is 57.6 Å². The van der Waals surface area contributed by atoms with E-state index in [1.54, 1.807) is 50.6 Å². The summed E-state index contributed by atoms with van der Waals surface area (Å²) in [6.45, 7) is 0. The van der Waals surface area contributed by atoms with Gasteiger partial charge in [-0.3, -0.25) is 9.63 Å². The maximum atomic E-state index is 11.7. The van der Waals surface area contributed by atoms with Crippen LogP contribution in [0.25, 0.3) is 21.9 Å². The van der Waals surface area contributed by atoms with Gasteiger partial charge in [-0.1, -0.05) is 34.6 Å². The number of aromatic carboxylic acids is 1. The molecule has 0 spiro atoms. The Labute approximate surface area is 189 Å². The first-order valence-corrected chi connectivity index (χ1v) is 8.88. The van der Waals surface area contributed by atoms with E-state index in [1.807, 2.05) is 12.1 Å². The SMILES string of the molecule is CNOC.CON(C)C(=O)c1noc2ccccc12.Cl.O=C(O)c1noc2ccccc12. The molecule has 1 amide bonds. The minimum Gasteiger partial charge on any atom is -0.476 e. The first-order chi connectivity index (χ1) is 14.9. The molecule has 4 rings (SSSR count). The summed E-state index contributed by atoms with van der Waals surface area (Å²) in [5, 5.41) is 18.1. The van der Waals surface area contributed by atoms with E-state index in [4.69, 9.17) is 19.0 Å². The Kier molecular flexibility index (Phi) is 10.8. The quantitative estimate of drug-likeness (QED) is 0.431. The lowest BCUT2D eigenvalue weighted by molar-refractivity contribution is -0.0761. The monoisotopic (exact) mass is 466 g/mol. The van der Waals surface area contributed by atoms with Gasteiger partial charge < -0.3 is 19.0 Å². The maximum absolute atomic E-state index is 11.7. The molecule has 11 nitrogen and oxygen atoms in total. The molecule has 32 heavy (non-hydrogen) atoms. The molecule has 0 aliphatic carbocycles. The topological polar surface area (TPSA) is 140 Å². The first kappa shape index (κ1) is 26.5. The van der Waals surface area contributed by atoms with Crippen molar-refractivity contribution in [1.82, 2.24) is 20.9 Å². The van der Waals surface area contributed by atoms with E-state index in [2.05, 4.69) is 20.6 Å². The van der Waals surface area contributed by atoms with Gasteiger partial charge in [-0.2, -0.15) is 0 Å². The summed E-state index contributed by atoms with van der Waals surface area (Å²) in [6, 6.07) is 14.0. The lowest BCUT2D eigenvalue weighted by Crippen LogP contribution is -2.25. The fraction of sp³-hybridized carbons (Fsp3) is 0.200. The number of hydrogen-bond donors (Lipinski definition) is 2. The van der Waals surface area contributed by atoms with E-state index < -0.39 is 5.97 Å². The Morgan fingerprint density at radius 3 is 1.81 bits per heavy atom. The molecule has 4 aromatic rings. The fourth-order valence-electron chi connectivity index (χ4n) is 2.31. The van der Waals surface area contributed by atoms with Crippen LogP contribution >= 0.6 is 12.4 Å². The normalized spacial score (nSPS) is 9.75. The van der Waals surface area contributed by atoms with Crippen LogP contribution in [-0.4, -0.2) is 60.7 Å². The molecule has 0 saturated carbocycles.